The Labute approximate surface area is 169 Å². The zero-order valence-electron chi connectivity index (χ0n) is 18.4. The molecule has 1 aliphatic carbocycles. The summed E-state index contributed by atoms with van der Waals surface area (Å²) in [4.78, 5) is 0. The van der Waals surface area contributed by atoms with Gasteiger partial charge < -0.3 is 4.57 Å². The normalized spacial score (nSPS) is 17.2. The monoisotopic (exact) mass is 371 g/mol. The highest BCUT2D eigenvalue weighted by Gasteiger charge is 2.25. The molecule has 4 rings (SSSR count). The van der Waals surface area contributed by atoms with E-state index in [-0.39, 0.29) is 10.8 Å². The van der Waals surface area contributed by atoms with Gasteiger partial charge in [0.2, 0.25) is 0 Å². The summed E-state index contributed by atoms with van der Waals surface area (Å²) in [5.41, 5.74) is 5.67. The molecule has 0 saturated heterocycles. The van der Waals surface area contributed by atoms with E-state index in [0.29, 0.717) is 5.92 Å². The second-order valence-electron chi connectivity index (χ2n) is 10.5. The van der Waals surface area contributed by atoms with Crippen LogP contribution in [0.2, 0.25) is 0 Å². The molecule has 0 bridgehead atoms. The van der Waals surface area contributed by atoms with Gasteiger partial charge in [-0.3, -0.25) is 0 Å². The summed E-state index contributed by atoms with van der Waals surface area (Å²) in [6.07, 6.45) is 6.10. The summed E-state index contributed by atoms with van der Waals surface area (Å²) >= 11 is 0. The van der Waals surface area contributed by atoms with Gasteiger partial charge in [0.1, 0.15) is 0 Å². The third-order valence-corrected chi connectivity index (χ3v) is 6.25. The van der Waals surface area contributed by atoms with Crippen LogP contribution in [0.25, 0.3) is 28.7 Å². The second kappa shape index (κ2) is 6.37. The quantitative estimate of drug-likeness (QED) is 0.505. The van der Waals surface area contributed by atoms with Gasteiger partial charge in [-0.05, 0) is 59.9 Å². The first-order chi connectivity index (χ1) is 13.1. The number of hydrogen-bond donors (Lipinski definition) is 0. The summed E-state index contributed by atoms with van der Waals surface area (Å²) in [7, 11) is 0. The molecule has 3 aromatic rings. The van der Waals surface area contributed by atoms with Crippen LogP contribution >= 0.6 is 0 Å². The van der Waals surface area contributed by atoms with Crippen molar-refractivity contribution in [2.45, 2.75) is 60.3 Å². The molecule has 0 spiro atoms. The van der Waals surface area contributed by atoms with E-state index in [4.69, 9.17) is 0 Å². The molecule has 0 amide bonds. The van der Waals surface area contributed by atoms with E-state index < -0.39 is 0 Å². The zero-order chi connectivity index (χ0) is 20.3. The van der Waals surface area contributed by atoms with Crippen LogP contribution in [0.15, 0.2) is 42.5 Å². The van der Waals surface area contributed by atoms with Crippen LogP contribution in [0.5, 0.6) is 0 Å². The number of fused-ring (bicyclic) bond motifs is 3. The maximum atomic E-state index is 2.54. The largest absolute Gasteiger partial charge is 0.310 e. The molecular weight excluding hydrogens is 338 g/mol. The van der Waals surface area contributed by atoms with Gasteiger partial charge in [-0.2, -0.15) is 0 Å². The minimum absolute atomic E-state index is 0.148. The summed E-state index contributed by atoms with van der Waals surface area (Å²) in [6, 6.07) is 16.0. The Hall–Kier alpha value is -2.28. The van der Waals surface area contributed by atoms with Crippen molar-refractivity contribution in [3.05, 3.63) is 64.2 Å². The number of hydrogen-bond acceptors (Lipinski definition) is 0. The Bertz CT molecular complexity index is 1140. The Balaban J connectivity index is 2.08. The van der Waals surface area contributed by atoms with Gasteiger partial charge in [-0.25, -0.2) is 0 Å². The molecule has 0 fully saturated rings. The first-order valence-corrected chi connectivity index (χ1v) is 10.5. The van der Waals surface area contributed by atoms with Crippen molar-refractivity contribution >= 4 is 23.1 Å². The number of nitrogens with zero attached hydrogens (tertiary/aromatic N) is 1. The topological polar surface area (TPSA) is 4.93 Å². The Kier molecular flexibility index (Phi) is 4.34. The van der Waals surface area contributed by atoms with Crippen molar-refractivity contribution < 1.29 is 0 Å². The van der Waals surface area contributed by atoms with Gasteiger partial charge in [0.05, 0.1) is 5.52 Å². The predicted octanol–water partition coefficient (Wildman–Crippen LogP) is 5.86. The third-order valence-electron chi connectivity index (χ3n) is 6.25. The molecule has 0 N–H and O–H groups in total. The van der Waals surface area contributed by atoms with Gasteiger partial charge in [0.25, 0.3) is 0 Å². The molecule has 1 aliphatic rings. The average molecular weight is 372 g/mol. The molecule has 0 radical (unpaired) electrons. The van der Waals surface area contributed by atoms with E-state index in [1.54, 1.807) is 0 Å². The minimum Gasteiger partial charge on any atom is -0.310 e. The van der Waals surface area contributed by atoms with Crippen LogP contribution in [0.4, 0.5) is 0 Å². The summed E-state index contributed by atoms with van der Waals surface area (Å²) in [5, 5.41) is 4.14. The van der Waals surface area contributed by atoms with Crippen LogP contribution in [0.3, 0.4) is 0 Å². The molecule has 0 saturated carbocycles. The Morgan fingerprint density at radius 3 is 2.18 bits per heavy atom. The lowest BCUT2D eigenvalue weighted by atomic mass is 9.77. The first-order valence-electron chi connectivity index (χ1n) is 10.5. The zero-order valence-corrected chi connectivity index (χ0v) is 18.4. The second-order valence-corrected chi connectivity index (χ2v) is 10.5. The molecule has 1 nitrogen and oxygen atoms in total. The van der Waals surface area contributed by atoms with Gasteiger partial charge in [0, 0.05) is 21.6 Å². The van der Waals surface area contributed by atoms with E-state index in [9.17, 15) is 0 Å². The van der Waals surface area contributed by atoms with Crippen LogP contribution < -0.4 is 10.6 Å². The molecule has 28 heavy (non-hydrogen) atoms. The molecule has 146 valence electrons. The summed E-state index contributed by atoms with van der Waals surface area (Å²) < 4.78 is 2.45. The summed E-state index contributed by atoms with van der Waals surface area (Å²) in [6.45, 7) is 16.1. The first kappa shape index (κ1) is 19.1. The highest BCUT2D eigenvalue weighted by atomic mass is 15.0. The molecular formula is C27H33N. The van der Waals surface area contributed by atoms with Crippen LogP contribution in [-0.4, -0.2) is 4.57 Å². The van der Waals surface area contributed by atoms with Gasteiger partial charge in [0.15, 0.2) is 0 Å². The van der Waals surface area contributed by atoms with E-state index in [2.05, 4.69) is 108 Å². The van der Waals surface area contributed by atoms with Crippen molar-refractivity contribution in [2.75, 3.05) is 0 Å². The molecule has 2 aromatic carbocycles. The van der Waals surface area contributed by atoms with E-state index in [1.807, 2.05) is 0 Å². The lowest BCUT2D eigenvalue weighted by Crippen LogP contribution is -2.35. The lowest BCUT2D eigenvalue weighted by Gasteiger charge is -2.28. The van der Waals surface area contributed by atoms with Crippen molar-refractivity contribution in [2.24, 2.45) is 11.3 Å². The fraction of sp³-hybridized carbons (Fsp3) is 0.407. The SMILES string of the molecule is Cc1ccc(-n2c3c(c4cc(C(C)(C)C)ccc42)=CC(C(C)(C)C)CC=3)cc1. The number of aryl methyl sites for hydroxylation is 1. The predicted molar refractivity (Wildman–Crippen MR) is 122 cm³/mol. The molecule has 1 atom stereocenters. The highest BCUT2D eigenvalue weighted by molar-refractivity contribution is 5.85. The average Bonchev–Trinajstić information content (AvgIpc) is 2.94. The minimum atomic E-state index is 0.148. The highest BCUT2D eigenvalue weighted by Crippen LogP contribution is 2.32. The Morgan fingerprint density at radius 1 is 0.893 bits per heavy atom. The maximum absolute atomic E-state index is 2.54. The molecule has 1 unspecified atom stereocenters. The molecule has 1 heterocycles. The number of aromatic nitrogens is 1. The lowest BCUT2D eigenvalue weighted by molar-refractivity contribution is 0.314. The van der Waals surface area contributed by atoms with Crippen LogP contribution in [0, 0.1) is 18.3 Å². The fourth-order valence-electron chi connectivity index (χ4n) is 4.26. The van der Waals surface area contributed by atoms with Crippen molar-refractivity contribution in [3.8, 4) is 5.69 Å². The number of rotatable bonds is 1. The molecule has 1 aromatic heterocycles. The van der Waals surface area contributed by atoms with Crippen molar-refractivity contribution in [1.29, 1.82) is 0 Å². The maximum Gasteiger partial charge on any atom is 0.0541 e. The van der Waals surface area contributed by atoms with Crippen molar-refractivity contribution in [3.63, 3.8) is 0 Å². The van der Waals surface area contributed by atoms with Gasteiger partial charge in [-0.1, -0.05) is 77.5 Å². The van der Waals surface area contributed by atoms with Crippen LogP contribution in [0.1, 0.15) is 59.1 Å². The third kappa shape index (κ3) is 3.21. The summed E-state index contributed by atoms with van der Waals surface area (Å²) in [5.74, 6) is 0.565. The van der Waals surface area contributed by atoms with Gasteiger partial charge in [-0.15, -0.1) is 0 Å². The van der Waals surface area contributed by atoms with E-state index >= 15 is 0 Å². The standard InChI is InChI=1S/C27H33N/c1-18-8-12-21(13-9-18)28-24-14-10-19(26(2,3)4)16-22(24)23-17-20(27(5,6)7)11-15-25(23)28/h8-10,12-17,20H,11H2,1-7H3. The van der Waals surface area contributed by atoms with E-state index in [1.165, 1.54) is 38.3 Å². The molecule has 0 aliphatic heterocycles. The molecule has 1 heteroatoms. The van der Waals surface area contributed by atoms with Crippen LogP contribution in [-0.2, 0) is 5.41 Å². The Morgan fingerprint density at radius 2 is 1.57 bits per heavy atom. The van der Waals surface area contributed by atoms with Crippen molar-refractivity contribution in [1.82, 2.24) is 4.57 Å². The van der Waals surface area contributed by atoms with Gasteiger partial charge >= 0.3 is 0 Å². The van der Waals surface area contributed by atoms with E-state index in [0.717, 1.165) is 6.42 Å². The fourth-order valence-corrected chi connectivity index (χ4v) is 4.26. The number of benzene rings is 2. The smallest absolute Gasteiger partial charge is 0.0541 e.